The van der Waals surface area contributed by atoms with E-state index in [1.165, 1.54) is 11.3 Å². The molecule has 0 aliphatic heterocycles. The first-order valence-electron chi connectivity index (χ1n) is 9.26. The second-order valence-electron chi connectivity index (χ2n) is 7.70. The van der Waals surface area contributed by atoms with Crippen LogP contribution in [-0.2, 0) is 14.3 Å². The van der Waals surface area contributed by atoms with E-state index in [2.05, 4.69) is 5.32 Å². The molecule has 0 radical (unpaired) electrons. The first-order valence-corrected chi connectivity index (χ1v) is 10.1. The van der Waals surface area contributed by atoms with Gasteiger partial charge in [0.1, 0.15) is 0 Å². The zero-order valence-corrected chi connectivity index (χ0v) is 17.9. The zero-order chi connectivity index (χ0) is 21.6. The van der Waals surface area contributed by atoms with Crippen LogP contribution < -0.4 is 5.32 Å². The molecule has 6 nitrogen and oxygen atoms in total. The Bertz CT molecular complexity index is 906. The number of rotatable bonds is 8. The minimum absolute atomic E-state index is 0.0507. The predicted molar refractivity (Wildman–Crippen MR) is 112 cm³/mol. The monoisotopic (exact) mass is 415 g/mol. The first kappa shape index (κ1) is 22.5. The number of Topliss-reactive ketones (excluding diaryl/α,β-unsaturated/α-hetero) is 2. The van der Waals surface area contributed by atoms with Gasteiger partial charge in [0, 0.05) is 28.0 Å². The largest absolute Gasteiger partial charge is 0.457 e. The third-order valence-electron chi connectivity index (χ3n) is 4.08. The normalized spacial score (nSPS) is 11.0. The van der Waals surface area contributed by atoms with Crippen LogP contribution in [0.5, 0.6) is 0 Å². The molecule has 0 fully saturated rings. The maximum atomic E-state index is 12.2. The molecule has 2 aromatic rings. The molecule has 1 heterocycles. The van der Waals surface area contributed by atoms with Crippen molar-refractivity contribution in [3.05, 3.63) is 51.7 Å². The summed E-state index contributed by atoms with van der Waals surface area (Å²) in [7, 11) is 0. The van der Waals surface area contributed by atoms with Crippen molar-refractivity contribution in [2.45, 2.75) is 40.5 Å². The number of aryl methyl sites for hydroxylation is 1. The van der Waals surface area contributed by atoms with Crippen molar-refractivity contribution >= 4 is 40.5 Å². The topological polar surface area (TPSA) is 89.5 Å². The summed E-state index contributed by atoms with van der Waals surface area (Å²) in [5.41, 5.74) is 0.435. The Morgan fingerprint density at radius 1 is 0.931 bits per heavy atom. The number of anilines is 1. The number of esters is 1. The van der Waals surface area contributed by atoms with Gasteiger partial charge in [0.05, 0.1) is 11.3 Å². The number of carbonyl (C=O) groups excluding carboxylic acids is 4. The Labute approximate surface area is 174 Å². The molecule has 154 valence electrons. The lowest BCUT2D eigenvalue weighted by atomic mass is 9.95. The molecule has 1 aromatic heterocycles. The van der Waals surface area contributed by atoms with Crippen molar-refractivity contribution in [2.24, 2.45) is 5.41 Å². The highest BCUT2D eigenvalue weighted by atomic mass is 32.1. The Morgan fingerprint density at radius 2 is 1.59 bits per heavy atom. The molecule has 0 bridgehead atoms. The van der Waals surface area contributed by atoms with Gasteiger partial charge in [-0.05, 0) is 43.3 Å². The van der Waals surface area contributed by atoms with Crippen molar-refractivity contribution in [2.75, 3.05) is 11.9 Å². The number of hydrogen-bond acceptors (Lipinski definition) is 6. The highest BCUT2D eigenvalue weighted by Gasteiger charge is 2.21. The number of ketones is 2. The molecule has 7 heteroatoms. The van der Waals surface area contributed by atoms with Crippen LogP contribution in [0.3, 0.4) is 0 Å². The van der Waals surface area contributed by atoms with E-state index in [4.69, 9.17) is 4.74 Å². The van der Waals surface area contributed by atoms with Crippen LogP contribution in [0.4, 0.5) is 5.69 Å². The Hall–Kier alpha value is -2.80. The second-order valence-corrected chi connectivity index (χ2v) is 8.99. The summed E-state index contributed by atoms with van der Waals surface area (Å²) in [6, 6.07) is 9.98. The van der Waals surface area contributed by atoms with Crippen LogP contribution in [0.15, 0.2) is 36.4 Å². The second kappa shape index (κ2) is 9.60. The van der Waals surface area contributed by atoms with Gasteiger partial charge in [-0.15, -0.1) is 11.3 Å². The number of hydrogen-bond donors (Lipinski definition) is 1. The molecule has 2 rings (SSSR count). The molecular formula is C22H25NO5S. The molecular weight excluding hydrogens is 390 g/mol. The predicted octanol–water partition coefficient (Wildman–Crippen LogP) is 4.43. The van der Waals surface area contributed by atoms with Gasteiger partial charge in [0.2, 0.25) is 5.91 Å². The maximum absolute atomic E-state index is 12.2. The van der Waals surface area contributed by atoms with E-state index < -0.39 is 18.0 Å². The van der Waals surface area contributed by atoms with E-state index in [9.17, 15) is 19.2 Å². The summed E-state index contributed by atoms with van der Waals surface area (Å²) in [5.74, 6) is -1.18. The van der Waals surface area contributed by atoms with Gasteiger partial charge in [-0.2, -0.15) is 0 Å². The van der Waals surface area contributed by atoms with Crippen LogP contribution >= 0.6 is 11.3 Å². The third-order valence-corrected chi connectivity index (χ3v) is 5.12. The molecule has 0 aliphatic rings. The van der Waals surface area contributed by atoms with Crippen LogP contribution in [0.2, 0.25) is 0 Å². The summed E-state index contributed by atoms with van der Waals surface area (Å²) in [5, 5.41) is 2.77. The Morgan fingerprint density at radius 3 is 2.14 bits per heavy atom. The fourth-order valence-corrected chi connectivity index (χ4v) is 3.12. The lowest BCUT2D eigenvalue weighted by molar-refractivity contribution is -0.142. The first-order chi connectivity index (χ1) is 13.6. The van der Waals surface area contributed by atoms with Crippen LogP contribution in [0.25, 0.3) is 0 Å². The maximum Gasteiger partial charge on any atom is 0.306 e. The van der Waals surface area contributed by atoms with Crippen molar-refractivity contribution < 1.29 is 23.9 Å². The van der Waals surface area contributed by atoms with Crippen molar-refractivity contribution in [1.29, 1.82) is 0 Å². The average molecular weight is 416 g/mol. The minimum Gasteiger partial charge on any atom is -0.457 e. The number of ether oxygens (including phenoxy) is 1. The van der Waals surface area contributed by atoms with E-state index in [1.54, 1.807) is 30.3 Å². The number of nitrogens with one attached hydrogen (secondary N) is 1. The highest BCUT2D eigenvalue weighted by Crippen LogP contribution is 2.19. The lowest BCUT2D eigenvalue weighted by Gasteiger charge is -2.17. The lowest BCUT2D eigenvalue weighted by Crippen LogP contribution is -2.27. The van der Waals surface area contributed by atoms with E-state index in [1.807, 2.05) is 33.8 Å². The van der Waals surface area contributed by atoms with Gasteiger partial charge in [-0.3, -0.25) is 19.2 Å². The molecule has 0 saturated heterocycles. The number of carbonyl (C=O) groups is 4. The smallest absolute Gasteiger partial charge is 0.306 e. The van der Waals surface area contributed by atoms with E-state index in [0.29, 0.717) is 16.1 Å². The van der Waals surface area contributed by atoms with Crippen LogP contribution in [0, 0.1) is 12.3 Å². The summed E-state index contributed by atoms with van der Waals surface area (Å²) in [4.78, 5) is 49.6. The van der Waals surface area contributed by atoms with E-state index in [0.717, 1.165) is 4.88 Å². The third kappa shape index (κ3) is 6.94. The summed E-state index contributed by atoms with van der Waals surface area (Å²) in [6.07, 6.45) is -0.0179. The van der Waals surface area contributed by atoms with Crippen molar-refractivity contribution in [1.82, 2.24) is 0 Å². The van der Waals surface area contributed by atoms with Gasteiger partial charge in [-0.1, -0.05) is 20.8 Å². The molecule has 0 aliphatic carbocycles. The quantitative estimate of drug-likeness (QED) is 0.509. The van der Waals surface area contributed by atoms with Crippen molar-refractivity contribution in [3.8, 4) is 0 Å². The van der Waals surface area contributed by atoms with E-state index in [-0.39, 0.29) is 30.3 Å². The molecule has 0 spiro atoms. The summed E-state index contributed by atoms with van der Waals surface area (Å²) >= 11 is 1.39. The van der Waals surface area contributed by atoms with E-state index >= 15 is 0 Å². The molecule has 1 N–H and O–H groups in total. The molecule has 0 unspecified atom stereocenters. The van der Waals surface area contributed by atoms with Gasteiger partial charge in [0.25, 0.3) is 0 Å². The fraction of sp³-hybridized carbons (Fsp3) is 0.364. The van der Waals surface area contributed by atoms with Crippen LogP contribution in [-0.4, -0.2) is 30.0 Å². The van der Waals surface area contributed by atoms with Gasteiger partial charge < -0.3 is 10.1 Å². The minimum atomic E-state index is -0.589. The molecule has 0 atom stereocenters. The fourth-order valence-electron chi connectivity index (χ4n) is 2.28. The zero-order valence-electron chi connectivity index (χ0n) is 17.0. The average Bonchev–Trinajstić information content (AvgIpc) is 3.10. The molecule has 1 aromatic carbocycles. The van der Waals surface area contributed by atoms with Gasteiger partial charge in [0.15, 0.2) is 18.2 Å². The van der Waals surface area contributed by atoms with Gasteiger partial charge in [-0.25, -0.2) is 0 Å². The SMILES string of the molecule is Cc1ccc(C(=O)CCC(=O)OCC(=O)c2ccc(NC(=O)C(C)(C)C)cc2)s1. The number of benzene rings is 1. The Balaban J connectivity index is 1.78. The molecule has 1 amide bonds. The number of thiophene rings is 1. The standard InChI is InChI=1S/C22H25NO5S/c1-14-5-11-19(29-14)17(24)10-12-20(26)28-13-18(25)15-6-8-16(9-7-15)23-21(27)22(2,3)4/h5-9,11H,10,12-13H2,1-4H3,(H,23,27). The van der Waals surface area contributed by atoms with Crippen molar-refractivity contribution in [3.63, 3.8) is 0 Å². The number of amides is 1. The summed E-state index contributed by atoms with van der Waals surface area (Å²) in [6.45, 7) is 6.95. The van der Waals surface area contributed by atoms with Gasteiger partial charge >= 0.3 is 5.97 Å². The highest BCUT2D eigenvalue weighted by molar-refractivity contribution is 7.14. The Kier molecular flexibility index (Phi) is 7.45. The molecule has 29 heavy (non-hydrogen) atoms. The summed E-state index contributed by atoms with van der Waals surface area (Å²) < 4.78 is 4.98. The molecule has 0 saturated carbocycles. The van der Waals surface area contributed by atoms with Crippen LogP contribution in [0.1, 0.15) is 58.5 Å².